The SMILES string of the molecule is CCc1ccc(NC(=O)N2CCCC2c2c(C)noc2C)cc1. The zero-order valence-corrected chi connectivity index (χ0v) is 13.9. The number of rotatable bonds is 3. The summed E-state index contributed by atoms with van der Waals surface area (Å²) >= 11 is 0. The van der Waals surface area contributed by atoms with E-state index in [1.54, 1.807) is 0 Å². The number of hydrogen-bond donors (Lipinski definition) is 1. The second-order valence-corrected chi connectivity index (χ2v) is 6.07. The molecular formula is C18H23N3O2. The molecule has 0 saturated carbocycles. The van der Waals surface area contributed by atoms with E-state index in [4.69, 9.17) is 4.52 Å². The third-order valence-electron chi connectivity index (χ3n) is 4.55. The Bertz CT molecular complexity index is 671. The molecule has 0 spiro atoms. The van der Waals surface area contributed by atoms with Gasteiger partial charge in [0.15, 0.2) is 0 Å². The number of amides is 2. The number of carbonyl (C=O) groups is 1. The maximum atomic E-state index is 12.7. The van der Waals surface area contributed by atoms with Crippen LogP contribution >= 0.6 is 0 Å². The standard InChI is InChI=1S/C18H23N3O2/c1-4-14-7-9-15(10-8-14)19-18(22)21-11-5-6-16(21)17-12(2)20-23-13(17)3/h7-10,16H,4-6,11H2,1-3H3,(H,19,22). The minimum Gasteiger partial charge on any atom is -0.361 e. The highest BCUT2D eigenvalue weighted by molar-refractivity contribution is 5.89. The fourth-order valence-electron chi connectivity index (χ4n) is 3.29. The number of urea groups is 1. The van der Waals surface area contributed by atoms with Crippen molar-refractivity contribution in [1.82, 2.24) is 10.1 Å². The number of likely N-dealkylation sites (tertiary alicyclic amines) is 1. The molecule has 2 heterocycles. The van der Waals surface area contributed by atoms with Gasteiger partial charge >= 0.3 is 6.03 Å². The van der Waals surface area contributed by atoms with Gasteiger partial charge in [-0.25, -0.2) is 4.79 Å². The second-order valence-electron chi connectivity index (χ2n) is 6.07. The Labute approximate surface area is 136 Å². The van der Waals surface area contributed by atoms with Crippen molar-refractivity contribution in [2.75, 3.05) is 11.9 Å². The maximum Gasteiger partial charge on any atom is 0.322 e. The molecule has 1 fully saturated rings. The zero-order valence-electron chi connectivity index (χ0n) is 13.9. The molecule has 1 aliphatic rings. The summed E-state index contributed by atoms with van der Waals surface area (Å²) in [6.45, 7) is 6.72. The van der Waals surface area contributed by atoms with E-state index in [-0.39, 0.29) is 12.1 Å². The minimum atomic E-state index is -0.0586. The van der Waals surface area contributed by atoms with Crippen molar-refractivity contribution < 1.29 is 9.32 Å². The Morgan fingerprint density at radius 1 is 1.35 bits per heavy atom. The number of hydrogen-bond acceptors (Lipinski definition) is 3. The molecule has 1 aromatic heterocycles. The number of carbonyl (C=O) groups excluding carboxylic acids is 1. The van der Waals surface area contributed by atoms with Crippen LogP contribution in [0.15, 0.2) is 28.8 Å². The van der Waals surface area contributed by atoms with Crippen LogP contribution in [0.25, 0.3) is 0 Å². The quantitative estimate of drug-likeness (QED) is 0.923. The first kappa shape index (κ1) is 15.6. The van der Waals surface area contributed by atoms with Crippen molar-refractivity contribution in [3.63, 3.8) is 0 Å². The average molecular weight is 313 g/mol. The third kappa shape index (κ3) is 3.09. The molecule has 1 unspecified atom stereocenters. The minimum absolute atomic E-state index is 0.0520. The van der Waals surface area contributed by atoms with Gasteiger partial charge in [0.2, 0.25) is 0 Å². The molecule has 1 aromatic carbocycles. The molecule has 5 heteroatoms. The molecule has 1 saturated heterocycles. The summed E-state index contributed by atoms with van der Waals surface area (Å²) in [4.78, 5) is 14.6. The highest BCUT2D eigenvalue weighted by atomic mass is 16.5. The Hall–Kier alpha value is -2.30. The summed E-state index contributed by atoms with van der Waals surface area (Å²) < 4.78 is 5.27. The zero-order chi connectivity index (χ0) is 16.4. The Kier molecular flexibility index (Phi) is 4.37. The molecule has 122 valence electrons. The summed E-state index contributed by atoms with van der Waals surface area (Å²) in [5, 5.41) is 7.03. The molecule has 1 aliphatic heterocycles. The molecule has 23 heavy (non-hydrogen) atoms. The van der Waals surface area contributed by atoms with E-state index in [2.05, 4.69) is 17.4 Å². The summed E-state index contributed by atoms with van der Waals surface area (Å²) in [7, 11) is 0. The predicted octanol–water partition coefficient (Wildman–Crippen LogP) is 4.22. The van der Waals surface area contributed by atoms with Gasteiger partial charge in [-0.05, 0) is 50.8 Å². The van der Waals surface area contributed by atoms with Gasteiger partial charge in [-0.1, -0.05) is 24.2 Å². The molecule has 1 atom stereocenters. The normalized spacial score (nSPS) is 17.5. The van der Waals surface area contributed by atoms with Gasteiger partial charge in [0.25, 0.3) is 0 Å². The van der Waals surface area contributed by atoms with Gasteiger partial charge in [-0.3, -0.25) is 0 Å². The lowest BCUT2D eigenvalue weighted by Gasteiger charge is -2.25. The van der Waals surface area contributed by atoms with Crippen molar-refractivity contribution in [2.45, 2.75) is 46.1 Å². The lowest BCUT2D eigenvalue weighted by molar-refractivity contribution is 0.206. The smallest absolute Gasteiger partial charge is 0.322 e. The van der Waals surface area contributed by atoms with Gasteiger partial charge in [0.05, 0.1) is 11.7 Å². The first-order valence-corrected chi connectivity index (χ1v) is 8.19. The number of aromatic nitrogens is 1. The fourth-order valence-corrected chi connectivity index (χ4v) is 3.29. The first-order valence-electron chi connectivity index (χ1n) is 8.19. The average Bonchev–Trinajstić information content (AvgIpc) is 3.14. The molecule has 0 aliphatic carbocycles. The third-order valence-corrected chi connectivity index (χ3v) is 4.55. The van der Waals surface area contributed by atoms with Crippen LogP contribution in [-0.2, 0) is 6.42 Å². The van der Waals surface area contributed by atoms with Crippen molar-refractivity contribution in [1.29, 1.82) is 0 Å². The lowest BCUT2D eigenvalue weighted by atomic mass is 10.0. The van der Waals surface area contributed by atoms with Crippen molar-refractivity contribution in [3.05, 3.63) is 46.8 Å². The molecule has 2 amide bonds. The van der Waals surface area contributed by atoms with E-state index in [0.717, 1.165) is 48.5 Å². The van der Waals surface area contributed by atoms with Gasteiger partial charge in [-0.15, -0.1) is 0 Å². The van der Waals surface area contributed by atoms with E-state index in [1.807, 2.05) is 43.0 Å². The van der Waals surface area contributed by atoms with Crippen LogP contribution in [0.3, 0.4) is 0 Å². The number of nitrogens with zero attached hydrogens (tertiary/aromatic N) is 2. The van der Waals surface area contributed by atoms with Gasteiger partial charge in [0.1, 0.15) is 5.76 Å². The number of nitrogens with one attached hydrogen (secondary N) is 1. The van der Waals surface area contributed by atoms with E-state index >= 15 is 0 Å². The topological polar surface area (TPSA) is 58.4 Å². The molecule has 3 rings (SSSR count). The second kappa shape index (κ2) is 6.44. The molecule has 2 aromatic rings. The first-order chi connectivity index (χ1) is 11.1. The molecular weight excluding hydrogens is 290 g/mol. The number of aryl methyl sites for hydroxylation is 3. The Morgan fingerprint density at radius 2 is 2.09 bits per heavy atom. The predicted molar refractivity (Wildman–Crippen MR) is 89.5 cm³/mol. The summed E-state index contributed by atoms with van der Waals surface area (Å²) in [6.07, 6.45) is 2.94. The monoisotopic (exact) mass is 313 g/mol. The Balaban J connectivity index is 1.75. The highest BCUT2D eigenvalue weighted by Gasteiger charge is 2.33. The van der Waals surface area contributed by atoms with Gasteiger partial charge in [0, 0.05) is 17.8 Å². The van der Waals surface area contributed by atoms with Crippen LogP contribution < -0.4 is 5.32 Å². The fraction of sp³-hybridized carbons (Fsp3) is 0.444. The van der Waals surface area contributed by atoms with E-state index < -0.39 is 0 Å². The van der Waals surface area contributed by atoms with E-state index in [0.29, 0.717) is 0 Å². The highest BCUT2D eigenvalue weighted by Crippen LogP contribution is 2.35. The van der Waals surface area contributed by atoms with E-state index in [9.17, 15) is 4.79 Å². The van der Waals surface area contributed by atoms with E-state index in [1.165, 1.54) is 5.56 Å². The lowest BCUT2D eigenvalue weighted by Crippen LogP contribution is -2.34. The van der Waals surface area contributed by atoms with Crippen LogP contribution in [0.1, 0.15) is 48.4 Å². The number of anilines is 1. The molecule has 1 N–H and O–H groups in total. The van der Waals surface area contributed by atoms with Crippen molar-refractivity contribution in [2.24, 2.45) is 0 Å². The van der Waals surface area contributed by atoms with Crippen molar-refractivity contribution >= 4 is 11.7 Å². The van der Waals surface area contributed by atoms with Crippen molar-refractivity contribution in [3.8, 4) is 0 Å². The molecule has 0 radical (unpaired) electrons. The molecule has 0 bridgehead atoms. The van der Waals surface area contributed by atoms with Crippen LogP contribution in [0.2, 0.25) is 0 Å². The van der Waals surface area contributed by atoms with Crippen LogP contribution in [0, 0.1) is 13.8 Å². The maximum absolute atomic E-state index is 12.7. The largest absolute Gasteiger partial charge is 0.361 e. The summed E-state index contributed by atoms with van der Waals surface area (Å²) in [5.74, 6) is 0.805. The van der Waals surface area contributed by atoms with Gasteiger partial charge < -0.3 is 14.7 Å². The Morgan fingerprint density at radius 3 is 2.70 bits per heavy atom. The summed E-state index contributed by atoms with van der Waals surface area (Å²) in [5.41, 5.74) is 4.02. The molecule has 5 nitrogen and oxygen atoms in total. The number of benzene rings is 1. The summed E-state index contributed by atoms with van der Waals surface area (Å²) in [6, 6.07) is 8.00. The van der Waals surface area contributed by atoms with Gasteiger partial charge in [-0.2, -0.15) is 0 Å². The van der Waals surface area contributed by atoms with Crippen LogP contribution in [0.5, 0.6) is 0 Å². The van der Waals surface area contributed by atoms with Crippen LogP contribution in [-0.4, -0.2) is 22.6 Å². The van der Waals surface area contributed by atoms with Crippen LogP contribution in [0.4, 0.5) is 10.5 Å².